The van der Waals surface area contributed by atoms with E-state index in [0.717, 1.165) is 5.69 Å². The summed E-state index contributed by atoms with van der Waals surface area (Å²) >= 11 is 0. The molecule has 28 heavy (non-hydrogen) atoms. The first-order valence-electron chi connectivity index (χ1n) is 8.58. The Morgan fingerprint density at radius 3 is 2.14 bits per heavy atom. The van der Waals surface area contributed by atoms with Gasteiger partial charge in [-0.1, -0.05) is 0 Å². The van der Waals surface area contributed by atoms with Gasteiger partial charge in [0.2, 0.25) is 10.0 Å². The van der Waals surface area contributed by atoms with Crippen LogP contribution < -0.4 is 14.4 Å². The fourth-order valence-corrected chi connectivity index (χ4v) is 4.69. The quantitative estimate of drug-likeness (QED) is 0.534. The van der Waals surface area contributed by atoms with E-state index in [-0.39, 0.29) is 16.3 Å². The first-order valence-corrected chi connectivity index (χ1v) is 10.0. The molecule has 2 aromatic carbocycles. The number of rotatable bonds is 6. The average Bonchev–Trinajstić information content (AvgIpc) is 2.73. The zero-order valence-corrected chi connectivity index (χ0v) is 16.4. The third-order valence-corrected chi connectivity index (χ3v) is 6.57. The Morgan fingerprint density at radius 1 is 0.964 bits per heavy atom. The molecule has 0 radical (unpaired) electrons. The number of methoxy groups -OCH3 is 2. The number of anilines is 1. The van der Waals surface area contributed by atoms with E-state index in [2.05, 4.69) is 0 Å². The standard InChI is InChI=1S/C18H21N3O6S/c1-26-16-7-8-17(27-2)18(13-16)28(24,25)20-11-9-19(10-12-20)14-3-5-15(6-4-14)21(22)23/h3-8,13H,9-12H2,1-2H3. The fourth-order valence-electron chi connectivity index (χ4n) is 3.10. The molecule has 150 valence electrons. The number of nitrogens with zero attached hydrogens (tertiary/aromatic N) is 3. The van der Waals surface area contributed by atoms with Gasteiger partial charge in [0, 0.05) is 50.1 Å². The lowest BCUT2D eigenvalue weighted by atomic mass is 10.2. The zero-order chi connectivity index (χ0) is 20.3. The Morgan fingerprint density at radius 2 is 1.61 bits per heavy atom. The van der Waals surface area contributed by atoms with Crippen molar-refractivity contribution in [2.45, 2.75) is 4.90 Å². The van der Waals surface area contributed by atoms with Crippen LogP contribution in [0.25, 0.3) is 0 Å². The van der Waals surface area contributed by atoms with Crippen molar-refractivity contribution >= 4 is 21.4 Å². The maximum atomic E-state index is 13.1. The van der Waals surface area contributed by atoms with Gasteiger partial charge in [-0.15, -0.1) is 0 Å². The average molecular weight is 407 g/mol. The summed E-state index contributed by atoms with van der Waals surface area (Å²) < 4.78 is 38.0. The molecular weight excluding hydrogens is 386 g/mol. The van der Waals surface area contributed by atoms with E-state index >= 15 is 0 Å². The maximum Gasteiger partial charge on any atom is 0.269 e. The van der Waals surface area contributed by atoms with Crippen molar-refractivity contribution in [1.29, 1.82) is 0 Å². The first kappa shape index (κ1) is 19.9. The highest BCUT2D eigenvalue weighted by Gasteiger charge is 2.31. The largest absolute Gasteiger partial charge is 0.497 e. The second-order valence-corrected chi connectivity index (χ2v) is 8.09. The van der Waals surface area contributed by atoms with Crippen LogP contribution in [0.15, 0.2) is 47.4 Å². The molecule has 10 heteroatoms. The number of hydrogen-bond donors (Lipinski definition) is 0. The summed E-state index contributed by atoms with van der Waals surface area (Å²) in [5.74, 6) is 0.697. The smallest absolute Gasteiger partial charge is 0.269 e. The van der Waals surface area contributed by atoms with E-state index in [1.165, 1.54) is 36.7 Å². The molecule has 1 aliphatic rings. The summed E-state index contributed by atoms with van der Waals surface area (Å²) in [6.07, 6.45) is 0. The summed E-state index contributed by atoms with van der Waals surface area (Å²) in [7, 11) is -0.851. The van der Waals surface area contributed by atoms with Crippen LogP contribution in [0.5, 0.6) is 11.5 Å². The minimum atomic E-state index is -3.75. The molecule has 1 fully saturated rings. The van der Waals surface area contributed by atoms with Gasteiger partial charge in [0.15, 0.2) is 0 Å². The topological polar surface area (TPSA) is 102 Å². The summed E-state index contributed by atoms with van der Waals surface area (Å²) in [6.45, 7) is 1.53. The van der Waals surface area contributed by atoms with E-state index in [1.54, 1.807) is 24.3 Å². The molecule has 0 bridgehead atoms. The number of sulfonamides is 1. The van der Waals surface area contributed by atoms with Crippen LogP contribution in [-0.2, 0) is 10.0 Å². The lowest BCUT2D eigenvalue weighted by Gasteiger charge is -2.35. The Hall–Kier alpha value is -2.85. The van der Waals surface area contributed by atoms with E-state index < -0.39 is 14.9 Å². The van der Waals surface area contributed by atoms with E-state index in [1.807, 2.05) is 4.90 Å². The first-order chi connectivity index (χ1) is 13.4. The van der Waals surface area contributed by atoms with Gasteiger partial charge in [-0.25, -0.2) is 8.42 Å². The van der Waals surface area contributed by atoms with Gasteiger partial charge < -0.3 is 14.4 Å². The van der Waals surface area contributed by atoms with E-state index in [9.17, 15) is 18.5 Å². The minimum Gasteiger partial charge on any atom is -0.497 e. The lowest BCUT2D eigenvalue weighted by molar-refractivity contribution is -0.384. The van der Waals surface area contributed by atoms with Crippen LogP contribution in [0.4, 0.5) is 11.4 Å². The molecule has 0 spiro atoms. The van der Waals surface area contributed by atoms with Crippen molar-refractivity contribution in [3.8, 4) is 11.5 Å². The Kier molecular flexibility index (Phi) is 5.71. The second-order valence-electron chi connectivity index (χ2n) is 6.18. The summed E-state index contributed by atoms with van der Waals surface area (Å²) in [5, 5.41) is 10.8. The van der Waals surface area contributed by atoms with Crippen molar-refractivity contribution in [1.82, 2.24) is 4.31 Å². The van der Waals surface area contributed by atoms with Crippen molar-refractivity contribution in [2.75, 3.05) is 45.3 Å². The molecule has 3 rings (SSSR count). The van der Waals surface area contributed by atoms with Gasteiger partial charge in [0.05, 0.1) is 19.1 Å². The Labute approximate surface area is 163 Å². The SMILES string of the molecule is COc1ccc(OC)c(S(=O)(=O)N2CCN(c3ccc([N+](=O)[O-])cc3)CC2)c1. The van der Waals surface area contributed by atoms with Crippen LogP contribution in [0, 0.1) is 10.1 Å². The number of non-ortho nitro benzene ring substituents is 1. The van der Waals surface area contributed by atoms with Gasteiger partial charge in [-0.05, 0) is 24.3 Å². The predicted molar refractivity (Wildman–Crippen MR) is 104 cm³/mol. The third-order valence-electron chi connectivity index (χ3n) is 4.65. The molecule has 0 aliphatic carbocycles. The number of nitro groups is 1. The molecule has 1 aliphatic heterocycles. The van der Waals surface area contributed by atoms with Crippen molar-refractivity contribution in [2.24, 2.45) is 0 Å². The van der Waals surface area contributed by atoms with Gasteiger partial charge >= 0.3 is 0 Å². The molecule has 1 heterocycles. The molecule has 0 aromatic heterocycles. The number of hydrogen-bond acceptors (Lipinski definition) is 7. The van der Waals surface area contributed by atoms with Crippen LogP contribution in [0.1, 0.15) is 0 Å². The molecule has 0 saturated carbocycles. The molecular formula is C18H21N3O6S. The van der Waals surface area contributed by atoms with E-state index in [4.69, 9.17) is 9.47 Å². The lowest BCUT2D eigenvalue weighted by Crippen LogP contribution is -2.48. The van der Waals surface area contributed by atoms with Crippen LogP contribution >= 0.6 is 0 Å². The molecule has 0 N–H and O–H groups in total. The number of nitro benzene ring substituents is 1. The molecule has 1 saturated heterocycles. The maximum absolute atomic E-state index is 13.1. The molecule has 2 aromatic rings. The zero-order valence-electron chi connectivity index (χ0n) is 15.6. The highest BCUT2D eigenvalue weighted by molar-refractivity contribution is 7.89. The summed E-state index contributed by atoms with van der Waals surface area (Å²) in [5.41, 5.74) is 0.844. The Bertz CT molecular complexity index is 954. The predicted octanol–water partition coefficient (Wildman–Crippen LogP) is 2.12. The summed E-state index contributed by atoms with van der Waals surface area (Å²) in [4.78, 5) is 12.4. The van der Waals surface area contributed by atoms with Gasteiger partial charge in [0.25, 0.3) is 5.69 Å². The summed E-state index contributed by atoms with van der Waals surface area (Å²) in [6, 6.07) is 10.9. The molecule has 0 atom stereocenters. The van der Waals surface area contributed by atoms with Crippen molar-refractivity contribution < 1.29 is 22.8 Å². The highest BCUT2D eigenvalue weighted by Crippen LogP contribution is 2.31. The highest BCUT2D eigenvalue weighted by atomic mass is 32.2. The van der Waals surface area contributed by atoms with Crippen LogP contribution in [0.3, 0.4) is 0 Å². The normalized spacial score (nSPS) is 15.3. The third kappa shape index (κ3) is 3.87. The second kappa shape index (κ2) is 8.03. The van der Waals surface area contributed by atoms with Gasteiger partial charge in [0.1, 0.15) is 16.4 Å². The van der Waals surface area contributed by atoms with E-state index in [0.29, 0.717) is 31.9 Å². The van der Waals surface area contributed by atoms with Gasteiger partial charge in [-0.2, -0.15) is 4.31 Å². The minimum absolute atomic E-state index is 0.0232. The monoisotopic (exact) mass is 407 g/mol. The fraction of sp³-hybridized carbons (Fsp3) is 0.333. The molecule has 0 amide bonds. The molecule has 9 nitrogen and oxygen atoms in total. The van der Waals surface area contributed by atoms with Crippen LogP contribution in [0.2, 0.25) is 0 Å². The van der Waals surface area contributed by atoms with Crippen LogP contribution in [-0.4, -0.2) is 58.0 Å². The Balaban J connectivity index is 1.76. The number of benzene rings is 2. The van der Waals surface area contributed by atoms with Gasteiger partial charge in [-0.3, -0.25) is 10.1 Å². The molecule has 0 unspecified atom stereocenters. The van der Waals surface area contributed by atoms with Crippen molar-refractivity contribution in [3.63, 3.8) is 0 Å². The number of piperazine rings is 1. The van der Waals surface area contributed by atoms with Crippen molar-refractivity contribution in [3.05, 3.63) is 52.6 Å². The number of ether oxygens (including phenoxy) is 2.